The molecule has 0 amide bonds. The van der Waals surface area contributed by atoms with E-state index in [2.05, 4.69) is 39.7 Å². The van der Waals surface area contributed by atoms with E-state index in [4.69, 9.17) is 16.6 Å². The summed E-state index contributed by atoms with van der Waals surface area (Å²) in [5.41, 5.74) is 5.32. The topological polar surface area (TPSA) is 66.5 Å². The molecule has 1 aliphatic heterocycles. The van der Waals surface area contributed by atoms with Gasteiger partial charge in [0.2, 0.25) is 0 Å². The normalized spacial score (nSPS) is 18.2. The summed E-state index contributed by atoms with van der Waals surface area (Å²) in [5.74, 6) is 1.14. The van der Waals surface area contributed by atoms with Gasteiger partial charge in [0.1, 0.15) is 11.5 Å². The van der Waals surface area contributed by atoms with Crippen LogP contribution in [0.15, 0.2) is 77.5 Å². The summed E-state index contributed by atoms with van der Waals surface area (Å²) < 4.78 is 7.86. The molecule has 0 unspecified atom stereocenters. The number of phenols is 1. The zero-order valence-corrected chi connectivity index (χ0v) is 18.7. The highest BCUT2D eigenvalue weighted by Gasteiger charge is 2.42. The Morgan fingerprint density at radius 2 is 1.91 bits per heavy atom. The van der Waals surface area contributed by atoms with Crippen LogP contribution in [0.4, 0.5) is 5.69 Å². The van der Waals surface area contributed by atoms with Crippen molar-refractivity contribution in [3.05, 3.63) is 102 Å². The van der Waals surface area contributed by atoms with Crippen LogP contribution in [0.2, 0.25) is 0 Å². The Bertz CT molecular complexity index is 1230. The number of furan rings is 1. The zero-order valence-electron chi connectivity index (χ0n) is 17.9. The van der Waals surface area contributed by atoms with Crippen molar-refractivity contribution >= 4 is 23.0 Å². The average molecular weight is 445 g/mol. The third-order valence-corrected chi connectivity index (χ3v) is 6.37. The van der Waals surface area contributed by atoms with E-state index < -0.39 is 0 Å². The van der Waals surface area contributed by atoms with Gasteiger partial charge in [-0.2, -0.15) is 0 Å². The van der Waals surface area contributed by atoms with Gasteiger partial charge in [0.15, 0.2) is 5.11 Å². The van der Waals surface area contributed by atoms with Gasteiger partial charge in [0.25, 0.3) is 0 Å². The van der Waals surface area contributed by atoms with Crippen LogP contribution < -0.4 is 10.2 Å². The molecular formula is C25H24N4O2S. The molecule has 4 aromatic rings. The summed E-state index contributed by atoms with van der Waals surface area (Å²) in [6.07, 6.45) is 3.51. The molecule has 1 aliphatic rings. The predicted molar refractivity (Wildman–Crippen MR) is 128 cm³/mol. The molecule has 32 heavy (non-hydrogen) atoms. The highest BCUT2D eigenvalue weighted by Crippen LogP contribution is 2.43. The number of nitrogens with one attached hydrogen (secondary N) is 1. The van der Waals surface area contributed by atoms with Gasteiger partial charge in [-0.25, -0.2) is 0 Å². The van der Waals surface area contributed by atoms with Gasteiger partial charge in [0.05, 0.1) is 30.6 Å². The van der Waals surface area contributed by atoms with Crippen LogP contribution >= 0.6 is 12.2 Å². The Morgan fingerprint density at radius 3 is 2.59 bits per heavy atom. The number of thiocarbonyl (C=S) groups is 1. The average Bonchev–Trinajstić information content (AvgIpc) is 3.50. The largest absolute Gasteiger partial charge is 0.508 e. The molecule has 0 bridgehead atoms. The van der Waals surface area contributed by atoms with Crippen LogP contribution in [0.5, 0.6) is 5.75 Å². The molecule has 2 N–H and O–H groups in total. The number of nitrogens with zero attached hydrogens (tertiary/aromatic N) is 3. The smallest absolute Gasteiger partial charge is 0.174 e. The number of anilines is 1. The van der Waals surface area contributed by atoms with E-state index in [9.17, 15) is 5.11 Å². The molecule has 2 atom stereocenters. The number of rotatable bonds is 5. The van der Waals surface area contributed by atoms with Crippen molar-refractivity contribution < 1.29 is 9.52 Å². The molecule has 0 aliphatic carbocycles. The lowest BCUT2D eigenvalue weighted by molar-refractivity contribution is 0.475. The summed E-state index contributed by atoms with van der Waals surface area (Å²) in [5, 5.41) is 13.9. The van der Waals surface area contributed by atoms with E-state index in [1.165, 1.54) is 5.56 Å². The fourth-order valence-electron chi connectivity index (χ4n) is 4.49. The van der Waals surface area contributed by atoms with Crippen LogP contribution in [-0.4, -0.2) is 19.8 Å². The first kappa shape index (κ1) is 20.3. The third kappa shape index (κ3) is 3.54. The molecule has 1 saturated heterocycles. The Hall–Kier alpha value is -3.58. The molecular weight excluding hydrogens is 420 g/mol. The molecule has 0 radical (unpaired) electrons. The van der Waals surface area contributed by atoms with Crippen LogP contribution in [0.25, 0.3) is 0 Å². The van der Waals surface area contributed by atoms with Gasteiger partial charge < -0.3 is 24.3 Å². The number of phenolic OH excluding ortho intramolecular Hbond substituents is 1. The molecule has 162 valence electrons. The van der Waals surface area contributed by atoms with Crippen LogP contribution in [-0.2, 0) is 6.54 Å². The SMILES string of the molecule is Cc1cc([C@@H]2[C@H](c3ccccn3)NC(=S)N2c2ccc(O)cc2)c(C)n1Cc1ccco1. The summed E-state index contributed by atoms with van der Waals surface area (Å²) in [6.45, 7) is 4.92. The third-order valence-electron chi connectivity index (χ3n) is 6.05. The molecule has 5 rings (SSSR count). The van der Waals surface area contributed by atoms with Crippen LogP contribution in [0, 0.1) is 13.8 Å². The highest BCUT2D eigenvalue weighted by atomic mass is 32.1. The van der Waals surface area contributed by atoms with Crippen molar-refractivity contribution in [1.82, 2.24) is 14.9 Å². The molecule has 1 fully saturated rings. The minimum atomic E-state index is -0.116. The number of aromatic hydroxyl groups is 1. The molecule has 0 spiro atoms. The second kappa shape index (κ2) is 8.16. The Balaban J connectivity index is 1.62. The van der Waals surface area contributed by atoms with Gasteiger partial charge in [-0.05, 0) is 86.2 Å². The van der Waals surface area contributed by atoms with Gasteiger partial charge in [0, 0.05) is 23.3 Å². The molecule has 0 saturated carbocycles. The fraction of sp³-hybridized carbons (Fsp3) is 0.200. The lowest BCUT2D eigenvalue weighted by Crippen LogP contribution is -2.29. The van der Waals surface area contributed by atoms with E-state index in [-0.39, 0.29) is 17.8 Å². The second-order valence-electron chi connectivity index (χ2n) is 8.00. The first-order chi connectivity index (χ1) is 15.5. The quantitative estimate of drug-likeness (QED) is 0.421. The van der Waals surface area contributed by atoms with Gasteiger partial charge in [-0.1, -0.05) is 6.07 Å². The summed E-state index contributed by atoms with van der Waals surface area (Å²) in [4.78, 5) is 6.74. The van der Waals surface area contributed by atoms with E-state index in [0.29, 0.717) is 11.7 Å². The molecule has 3 aromatic heterocycles. The molecule has 6 nitrogen and oxygen atoms in total. The van der Waals surface area contributed by atoms with E-state index in [0.717, 1.165) is 28.5 Å². The van der Waals surface area contributed by atoms with Crippen molar-refractivity contribution in [1.29, 1.82) is 0 Å². The van der Waals surface area contributed by atoms with Crippen LogP contribution in [0.1, 0.15) is 40.5 Å². The lowest BCUT2D eigenvalue weighted by Gasteiger charge is -2.28. The maximum Gasteiger partial charge on any atom is 0.174 e. The number of benzene rings is 1. The standard InChI is InChI=1S/C25H24N4O2S/c1-16-14-21(17(2)28(16)15-20-6-5-13-31-20)24-23(22-7-3-4-12-26-22)27-25(32)29(24)18-8-10-19(30)11-9-18/h3-14,23-24,30H,15H2,1-2H3,(H,27,32)/t23-,24+/m0/s1. The van der Waals surface area contributed by atoms with Crippen molar-refractivity contribution in [2.45, 2.75) is 32.5 Å². The minimum absolute atomic E-state index is 0.0986. The Kier molecular flexibility index (Phi) is 5.19. The predicted octanol–water partition coefficient (Wildman–Crippen LogP) is 5.02. The number of aromatic nitrogens is 2. The summed E-state index contributed by atoms with van der Waals surface area (Å²) in [6, 6.07) is 19.0. The van der Waals surface area contributed by atoms with Crippen molar-refractivity contribution in [2.75, 3.05) is 4.90 Å². The number of aryl methyl sites for hydroxylation is 1. The van der Waals surface area contributed by atoms with E-state index >= 15 is 0 Å². The minimum Gasteiger partial charge on any atom is -0.508 e. The van der Waals surface area contributed by atoms with Gasteiger partial charge >= 0.3 is 0 Å². The first-order valence-electron chi connectivity index (χ1n) is 10.5. The number of pyridine rings is 1. The van der Waals surface area contributed by atoms with Gasteiger partial charge in [-0.15, -0.1) is 0 Å². The number of hydrogen-bond donors (Lipinski definition) is 2. The second-order valence-corrected chi connectivity index (χ2v) is 8.39. The lowest BCUT2D eigenvalue weighted by atomic mass is 9.96. The van der Waals surface area contributed by atoms with E-state index in [1.54, 1.807) is 24.6 Å². The van der Waals surface area contributed by atoms with Crippen molar-refractivity contribution in [3.63, 3.8) is 0 Å². The Morgan fingerprint density at radius 1 is 1.09 bits per heavy atom. The zero-order chi connectivity index (χ0) is 22.2. The first-order valence-corrected chi connectivity index (χ1v) is 10.9. The fourth-order valence-corrected chi connectivity index (χ4v) is 4.84. The molecule has 1 aromatic carbocycles. The van der Waals surface area contributed by atoms with E-state index in [1.807, 2.05) is 42.5 Å². The maximum atomic E-state index is 9.80. The van der Waals surface area contributed by atoms with Gasteiger partial charge in [-0.3, -0.25) is 4.98 Å². The Labute approximate surface area is 192 Å². The maximum absolute atomic E-state index is 9.80. The van der Waals surface area contributed by atoms with Crippen molar-refractivity contribution in [3.8, 4) is 5.75 Å². The number of hydrogen-bond acceptors (Lipinski definition) is 4. The monoisotopic (exact) mass is 444 g/mol. The van der Waals surface area contributed by atoms with Crippen LogP contribution in [0.3, 0.4) is 0 Å². The molecule has 7 heteroatoms. The van der Waals surface area contributed by atoms with Crippen molar-refractivity contribution in [2.24, 2.45) is 0 Å². The summed E-state index contributed by atoms with van der Waals surface area (Å²) in [7, 11) is 0. The molecule has 4 heterocycles. The highest BCUT2D eigenvalue weighted by molar-refractivity contribution is 7.80. The summed E-state index contributed by atoms with van der Waals surface area (Å²) >= 11 is 5.79.